The molecule has 0 bridgehead atoms. The lowest BCUT2D eigenvalue weighted by Gasteiger charge is -2.09. The van der Waals surface area contributed by atoms with E-state index < -0.39 is 16.8 Å². The summed E-state index contributed by atoms with van der Waals surface area (Å²) in [5.41, 5.74) is 0.336. The minimum atomic E-state index is -4.59. The average molecular weight is 360 g/mol. The first-order valence-corrected chi connectivity index (χ1v) is 7.76. The second-order valence-electron chi connectivity index (χ2n) is 5.66. The van der Waals surface area contributed by atoms with Gasteiger partial charge in [0.15, 0.2) is 0 Å². The first kappa shape index (κ1) is 15.8. The summed E-state index contributed by atoms with van der Waals surface area (Å²) >= 11 is 5.63. The van der Waals surface area contributed by atoms with Crippen molar-refractivity contribution in [2.24, 2.45) is 4.99 Å². The lowest BCUT2D eigenvalue weighted by Crippen LogP contribution is -2.09. The maximum absolute atomic E-state index is 13.0. The molecule has 0 radical (unpaired) electrons. The summed E-state index contributed by atoms with van der Waals surface area (Å²) in [5, 5.41) is 1.26. The Morgan fingerprint density at radius 2 is 1.60 bits per heavy atom. The van der Waals surface area contributed by atoms with Crippen LogP contribution in [-0.4, -0.2) is 11.5 Å². The topological polar surface area (TPSA) is 29.4 Å². The molecule has 1 aliphatic carbocycles. The SMILES string of the molecule is O=C1C(=Nc2ccc(Cl)c(C(F)(F)F)c2)c2cccc3cccc1c23. The molecule has 4 rings (SSSR count). The molecule has 0 saturated heterocycles. The van der Waals surface area contributed by atoms with Gasteiger partial charge in [-0.2, -0.15) is 13.2 Å². The van der Waals surface area contributed by atoms with Crippen molar-refractivity contribution in [2.45, 2.75) is 6.18 Å². The number of Topliss-reactive ketones (excluding diaryl/α,β-unsaturated/α-hetero) is 1. The Morgan fingerprint density at radius 1 is 0.920 bits per heavy atom. The molecule has 0 aromatic heterocycles. The molecule has 0 heterocycles. The predicted octanol–water partition coefficient (Wildman–Crippen LogP) is 5.83. The summed E-state index contributed by atoms with van der Waals surface area (Å²) in [6, 6.07) is 14.1. The van der Waals surface area contributed by atoms with Crippen LogP contribution in [0.4, 0.5) is 18.9 Å². The van der Waals surface area contributed by atoms with Crippen molar-refractivity contribution in [3.63, 3.8) is 0 Å². The molecular formula is C19H9ClF3NO. The summed E-state index contributed by atoms with van der Waals surface area (Å²) in [5.74, 6) is -0.296. The number of hydrogen-bond donors (Lipinski definition) is 0. The number of benzene rings is 3. The molecule has 0 unspecified atom stereocenters. The molecule has 0 fully saturated rings. The molecule has 0 amide bonds. The van der Waals surface area contributed by atoms with Crippen LogP contribution in [-0.2, 0) is 6.18 Å². The van der Waals surface area contributed by atoms with Gasteiger partial charge < -0.3 is 0 Å². The van der Waals surface area contributed by atoms with Gasteiger partial charge in [-0.1, -0.05) is 48.0 Å². The van der Waals surface area contributed by atoms with Crippen LogP contribution in [0.3, 0.4) is 0 Å². The Hall–Kier alpha value is -2.66. The van der Waals surface area contributed by atoms with E-state index in [0.717, 1.165) is 22.9 Å². The fraction of sp³-hybridized carbons (Fsp3) is 0.0526. The number of aliphatic imine (C=N–C) groups is 1. The largest absolute Gasteiger partial charge is 0.417 e. The number of rotatable bonds is 1. The van der Waals surface area contributed by atoms with Gasteiger partial charge in [-0.3, -0.25) is 4.79 Å². The van der Waals surface area contributed by atoms with E-state index in [2.05, 4.69) is 4.99 Å². The van der Waals surface area contributed by atoms with Gasteiger partial charge in [0.05, 0.1) is 16.3 Å². The smallest absolute Gasteiger partial charge is 0.287 e. The molecule has 25 heavy (non-hydrogen) atoms. The maximum atomic E-state index is 13.0. The zero-order chi connectivity index (χ0) is 17.8. The van der Waals surface area contributed by atoms with Crippen molar-refractivity contribution in [1.82, 2.24) is 0 Å². The highest BCUT2D eigenvalue weighted by atomic mass is 35.5. The molecule has 2 nitrogen and oxygen atoms in total. The number of nitrogens with zero attached hydrogens (tertiary/aromatic N) is 1. The molecular weight excluding hydrogens is 351 g/mol. The number of ketones is 1. The fourth-order valence-electron chi connectivity index (χ4n) is 3.02. The monoisotopic (exact) mass is 359 g/mol. The van der Waals surface area contributed by atoms with Gasteiger partial charge in [0.1, 0.15) is 5.71 Å². The lowest BCUT2D eigenvalue weighted by molar-refractivity contribution is -0.137. The first-order chi connectivity index (χ1) is 11.9. The third kappa shape index (κ3) is 2.51. The third-order valence-corrected chi connectivity index (χ3v) is 4.45. The van der Waals surface area contributed by atoms with Crippen LogP contribution < -0.4 is 0 Å². The van der Waals surface area contributed by atoms with Crippen molar-refractivity contribution in [1.29, 1.82) is 0 Å². The summed E-state index contributed by atoms with van der Waals surface area (Å²) in [4.78, 5) is 16.9. The predicted molar refractivity (Wildman–Crippen MR) is 90.9 cm³/mol. The Morgan fingerprint density at radius 3 is 2.28 bits per heavy atom. The van der Waals surface area contributed by atoms with Gasteiger partial charge in [-0.25, -0.2) is 4.99 Å². The van der Waals surface area contributed by atoms with E-state index in [1.807, 2.05) is 12.1 Å². The molecule has 0 spiro atoms. The Bertz CT molecular complexity index is 1060. The average Bonchev–Trinajstić information content (AvgIpc) is 2.84. The van der Waals surface area contributed by atoms with Gasteiger partial charge in [-0.15, -0.1) is 0 Å². The molecule has 0 saturated carbocycles. The van der Waals surface area contributed by atoms with Crippen LogP contribution in [0.1, 0.15) is 21.5 Å². The van der Waals surface area contributed by atoms with Gasteiger partial charge >= 0.3 is 6.18 Å². The molecule has 0 N–H and O–H groups in total. The standard InChI is InChI=1S/C19H9ClF3NO/c20-15-8-7-11(9-14(15)19(21,22)23)24-17-12-5-1-3-10-4-2-6-13(16(10)12)18(17)25/h1-9H. The highest BCUT2D eigenvalue weighted by Gasteiger charge is 2.34. The maximum Gasteiger partial charge on any atom is 0.417 e. The van der Waals surface area contributed by atoms with Crippen LogP contribution in [0.15, 0.2) is 59.6 Å². The van der Waals surface area contributed by atoms with Crippen molar-refractivity contribution in [3.05, 3.63) is 76.3 Å². The van der Waals surface area contributed by atoms with E-state index in [4.69, 9.17) is 11.6 Å². The molecule has 0 aliphatic heterocycles. The number of carbonyl (C=O) groups is 1. The second-order valence-corrected chi connectivity index (χ2v) is 6.07. The lowest BCUT2D eigenvalue weighted by atomic mass is 10.1. The van der Waals surface area contributed by atoms with Gasteiger partial charge in [-0.05, 0) is 23.6 Å². The Labute approximate surface area is 145 Å². The minimum Gasteiger partial charge on any atom is -0.287 e. The molecule has 3 aromatic carbocycles. The first-order valence-electron chi connectivity index (χ1n) is 7.38. The van der Waals surface area contributed by atoms with Crippen LogP contribution in [0.2, 0.25) is 5.02 Å². The molecule has 3 aromatic rings. The number of halogens is 4. The number of carbonyl (C=O) groups excluding carboxylic acids is 1. The van der Waals surface area contributed by atoms with E-state index >= 15 is 0 Å². The van der Waals surface area contributed by atoms with Gasteiger partial charge in [0.2, 0.25) is 5.78 Å². The molecule has 1 aliphatic rings. The van der Waals surface area contributed by atoms with Gasteiger partial charge in [0, 0.05) is 16.5 Å². The van der Waals surface area contributed by atoms with E-state index in [9.17, 15) is 18.0 Å². The minimum absolute atomic E-state index is 0.0323. The summed E-state index contributed by atoms with van der Waals surface area (Å²) in [6.45, 7) is 0. The molecule has 6 heteroatoms. The highest BCUT2D eigenvalue weighted by molar-refractivity contribution is 6.59. The van der Waals surface area contributed by atoms with E-state index in [-0.39, 0.29) is 17.2 Å². The van der Waals surface area contributed by atoms with E-state index in [1.54, 1.807) is 24.3 Å². The summed E-state index contributed by atoms with van der Waals surface area (Å²) in [7, 11) is 0. The quantitative estimate of drug-likeness (QED) is 0.537. The zero-order valence-electron chi connectivity index (χ0n) is 12.6. The van der Waals surface area contributed by atoms with Crippen molar-refractivity contribution in [3.8, 4) is 0 Å². The molecule has 0 atom stereocenters. The van der Waals surface area contributed by atoms with E-state index in [1.165, 1.54) is 6.07 Å². The van der Waals surface area contributed by atoms with Crippen LogP contribution in [0.25, 0.3) is 10.8 Å². The van der Waals surface area contributed by atoms with Crippen LogP contribution in [0.5, 0.6) is 0 Å². The number of hydrogen-bond acceptors (Lipinski definition) is 2. The summed E-state index contributed by atoms with van der Waals surface area (Å²) in [6.07, 6.45) is -4.59. The van der Waals surface area contributed by atoms with Crippen molar-refractivity contribution >= 4 is 39.6 Å². The normalized spacial score (nSPS) is 15.4. The Balaban J connectivity index is 1.90. The third-order valence-electron chi connectivity index (χ3n) is 4.12. The Kier molecular flexibility index (Phi) is 3.44. The van der Waals surface area contributed by atoms with Crippen molar-refractivity contribution < 1.29 is 18.0 Å². The van der Waals surface area contributed by atoms with Gasteiger partial charge in [0.25, 0.3) is 0 Å². The summed E-state index contributed by atoms with van der Waals surface area (Å²) < 4.78 is 39.1. The molecule has 124 valence electrons. The zero-order valence-corrected chi connectivity index (χ0v) is 13.3. The van der Waals surface area contributed by atoms with Crippen molar-refractivity contribution in [2.75, 3.05) is 0 Å². The number of alkyl halides is 3. The second kappa shape index (κ2) is 5.43. The fourth-order valence-corrected chi connectivity index (χ4v) is 3.24. The van der Waals surface area contributed by atoms with E-state index in [0.29, 0.717) is 11.1 Å². The van der Waals surface area contributed by atoms with Crippen LogP contribution in [0, 0.1) is 0 Å². The van der Waals surface area contributed by atoms with Crippen LogP contribution >= 0.6 is 11.6 Å². The highest BCUT2D eigenvalue weighted by Crippen LogP contribution is 2.38.